The van der Waals surface area contributed by atoms with Crippen LogP contribution in [0.25, 0.3) is 11.0 Å². The molecule has 2 aliphatic rings. The van der Waals surface area contributed by atoms with Crippen LogP contribution in [0.2, 0.25) is 0 Å². The van der Waals surface area contributed by atoms with Gasteiger partial charge in [0.25, 0.3) is 5.91 Å². The Balaban J connectivity index is 1.71. The molecule has 11 heteroatoms. The maximum atomic E-state index is 14.0. The number of rotatable bonds is 9. The second-order valence-corrected chi connectivity index (χ2v) is 9.49. The lowest BCUT2D eigenvalue weighted by molar-refractivity contribution is -0.135. The van der Waals surface area contributed by atoms with E-state index in [1.54, 1.807) is 4.90 Å². The predicted octanol–water partition coefficient (Wildman–Crippen LogP) is 2.02. The summed E-state index contributed by atoms with van der Waals surface area (Å²) in [6.07, 6.45) is 1.39. The number of benzene rings is 1. The number of piperazine rings is 1. The van der Waals surface area contributed by atoms with Crippen molar-refractivity contribution in [2.75, 3.05) is 32.7 Å². The van der Waals surface area contributed by atoms with Crippen LogP contribution in [0.5, 0.6) is 0 Å². The summed E-state index contributed by atoms with van der Waals surface area (Å²) in [5.41, 5.74) is 6.87. The summed E-state index contributed by atoms with van der Waals surface area (Å²) in [5.74, 6) is 0.231. The van der Waals surface area contributed by atoms with E-state index in [2.05, 4.69) is 36.2 Å². The molecule has 1 saturated heterocycles. The fourth-order valence-corrected chi connectivity index (χ4v) is 4.76. The number of nitrogens with one attached hydrogen (secondary N) is 1. The number of carbonyl (C=O) groups is 3. The first-order chi connectivity index (χ1) is 17.2. The number of hydrazine groups is 1. The number of hydrogen-bond donors (Lipinski definition) is 1. The number of allylic oxidation sites excluding steroid dienone is 1. The fraction of sp³-hybridized carbons (Fsp3) is 0.480. The second kappa shape index (κ2) is 10.5. The number of nitrogens with zero attached hydrogens (tertiary/aromatic N) is 6. The molecule has 1 aromatic carbocycles. The van der Waals surface area contributed by atoms with Crippen LogP contribution in [0.15, 0.2) is 46.6 Å². The number of ketones is 1. The van der Waals surface area contributed by atoms with Crippen molar-refractivity contribution in [1.82, 2.24) is 35.4 Å². The minimum Gasteiger partial charge on any atom is -0.362 e. The lowest BCUT2D eigenvalue weighted by atomic mass is 9.96. The number of amides is 2. The van der Waals surface area contributed by atoms with E-state index in [-0.39, 0.29) is 30.2 Å². The van der Waals surface area contributed by atoms with Crippen molar-refractivity contribution in [2.24, 2.45) is 5.92 Å². The third-order valence-electron chi connectivity index (χ3n) is 6.64. The average molecular weight is 496 g/mol. The number of hydrogen-bond acceptors (Lipinski definition) is 9. The van der Waals surface area contributed by atoms with Gasteiger partial charge in [0.1, 0.15) is 28.3 Å². The number of fused-ring (bicyclic) bond motifs is 1. The van der Waals surface area contributed by atoms with Gasteiger partial charge < -0.3 is 14.7 Å². The Bertz CT molecular complexity index is 1200. The normalized spacial score (nSPS) is 18.0. The van der Waals surface area contributed by atoms with Gasteiger partial charge in [-0.2, -0.15) is 0 Å². The average Bonchev–Trinajstić information content (AvgIpc) is 3.33. The lowest BCUT2D eigenvalue weighted by Crippen LogP contribution is -2.57. The van der Waals surface area contributed by atoms with Crippen molar-refractivity contribution < 1.29 is 19.0 Å². The van der Waals surface area contributed by atoms with Crippen molar-refractivity contribution in [3.05, 3.63) is 47.6 Å². The fourth-order valence-electron chi connectivity index (χ4n) is 4.76. The molecule has 1 N–H and O–H groups in total. The molecule has 1 fully saturated rings. The molecule has 0 saturated carbocycles. The van der Waals surface area contributed by atoms with Crippen LogP contribution in [-0.2, 0) is 14.4 Å². The van der Waals surface area contributed by atoms with Crippen LogP contribution >= 0.6 is 0 Å². The highest BCUT2D eigenvalue weighted by Crippen LogP contribution is 2.33. The largest absolute Gasteiger partial charge is 0.362 e. The molecule has 0 spiro atoms. The third-order valence-corrected chi connectivity index (χ3v) is 6.64. The first-order valence-corrected chi connectivity index (χ1v) is 12.2. The molecular weight excluding hydrogens is 462 g/mol. The number of Topliss-reactive ketones (excluding diaryl/α,β-unsaturated/α-hetero) is 1. The summed E-state index contributed by atoms with van der Waals surface area (Å²) in [5, 5.41) is 9.28. The molecule has 2 aromatic rings. The van der Waals surface area contributed by atoms with Gasteiger partial charge in [0.2, 0.25) is 6.41 Å². The van der Waals surface area contributed by atoms with E-state index >= 15 is 0 Å². The summed E-state index contributed by atoms with van der Waals surface area (Å²) in [6.45, 7) is 14.0. The Kier molecular flexibility index (Phi) is 7.39. The minimum atomic E-state index is -0.262. The Morgan fingerprint density at radius 1 is 1.19 bits per heavy atom. The quantitative estimate of drug-likeness (QED) is 0.522. The van der Waals surface area contributed by atoms with Crippen LogP contribution in [-0.4, -0.2) is 80.8 Å². The van der Waals surface area contributed by atoms with Gasteiger partial charge in [-0.25, -0.2) is 15.1 Å². The molecule has 0 radical (unpaired) electrons. The molecule has 1 atom stereocenters. The van der Waals surface area contributed by atoms with Crippen molar-refractivity contribution in [2.45, 2.75) is 40.2 Å². The lowest BCUT2D eigenvalue weighted by Gasteiger charge is -2.46. The van der Waals surface area contributed by atoms with Crippen LogP contribution in [0.3, 0.4) is 0 Å². The molecule has 1 unspecified atom stereocenters. The van der Waals surface area contributed by atoms with Gasteiger partial charge in [-0.1, -0.05) is 33.4 Å². The standard InChI is InChI=1S/C25H33N7O4/c1-6-22-24(30-11-9-29(15-33)10-12-30)25(35)32(18(5)31(22)14-17(4)34)26-23(16(2)3)19-7-8-20-21(13-19)28-36-27-20/h7-8,13,15-16,23,26H,5-6,9-12,14H2,1-4H3. The van der Waals surface area contributed by atoms with E-state index in [9.17, 15) is 14.4 Å². The molecule has 1 aromatic heterocycles. The number of aromatic nitrogens is 2. The Morgan fingerprint density at radius 3 is 2.50 bits per heavy atom. The van der Waals surface area contributed by atoms with Gasteiger partial charge >= 0.3 is 0 Å². The monoisotopic (exact) mass is 495 g/mol. The first kappa shape index (κ1) is 25.4. The van der Waals surface area contributed by atoms with Gasteiger partial charge in [0.15, 0.2) is 0 Å². The van der Waals surface area contributed by atoms with E-state index in [1.165, 1.54) is 11.9 Å². The minimum absolute atomic E-state index is 0.0362. The van der Waals surface area contributed by atoms with Gasteiger partial charge in [-0.15, -0.1) is 0 Å². The zero-order chi connectivity index (χ0) is 26.0. The highest BCUT2D eigenvalue weighted by atomic mass is 16.6. The molecule has 4 rings (SSSR count). The van der Waals surface area contributed by atoms with Gasteiger partial charge in [-0.3, -0.25) is 14.4 Å². The molecular formula is C25H33N7O4. The summed E-state index contributed by atoms with van der Waals surface area (Å²) >= 11 is 0. The third kappa shape index (κ3) is 4.83. The maximum absolute atomic E-state index is 14.0. The molecule has 192 valence electrons. The second-order valence-electron chi connectivity index (χ2n) is 9.49. The highest BCUT2D eigenvalue weighted by molar-refractivity contribution is 5.96. The van der Waals surface area contributed by atoms with Gasteiger partial charge in [0, 0.05) is 31.9 Å². The highest BCUT2D eigenvalue weighted by Gasteiger charge is 2.39. The van der Waals surface area contributed by atoms with E-state index in [0.717, 1.165) is 17.7 Å². The Hall–Kier alpha value is -3.73. The van der Waals surface area contributed by atoms with Gasteiger partial charge in [0.05, 0.1) is 12.6 Å². The van der Waals surface area contributed by atoms with Crippen molar-refractivity contribution in [3.63, 3.8) is 0 Å². The van der Waals surface area contributed by atoms with Crippen molar-refractivity contribution in [1.29, 1.82) is 0 Å². The molecule has 3 heterocycles. The molecule has 2 aliphatic heterocycles. The maximum Gasteiger partial charge on any atom is 0.292 e. The van der Waals surface area contributed by atoms with E-state index in [0.29, 0.717) is 55.2 Å². The first-order valence-electron chi connectivity index (χ1n) is 12.2. The predicted molar refractivity (Wildman–Crippen MR) is 132 cm³/mol. The molecule has 36 heavy (non-hydrogen) atoms. The summed E-state index contributed by atoms with van der Waals surface area (Å²) in [6, 6.07) is 5.39. The zero-order valence-electron chi connectivity index (χ0n) is 21.2. The van der Waals surface area contributed by atoms with Gasteiger partial charge in [-0.05, 0) is 47.3 Å². The summed E-state index contributed by atoms with van der Waals surface area (Å²) < 4.78 is 4.84. The Labute approximate surface area is 210 Å². The molecule has 11 nitrogen and oxygen atoms in total. The molecule has 0 aliphatic carbocycles. The van der Waals surface area contributed by atoms with Crippen LogP contribution in [0.4, 0.5) is 0 Å². The SMILES string of the molecule is C=C1N(CC(C)=O)C(CC)=C(N2CCN(C=O)CC2)C(=O)N1NC(c1ccc2nonc2c1)C(C)C. The zero-order valence-corrected chi connectivity index (χ0v) is 21.2. The van der Waals surface area contributed by atoms with E-state index in [1.807, 2.05) is 34.9 Å². The van der Waals surface area contributed by atoms with E-state index < -0.39 is 0 Å². The molecule has 2 amide bonds. The smallest absolute Gasteiger partial charge is 0.292 e. The van der Waals surface area contributed by atoms with Crippen molar-refractivity contribution in [3.8, 4) is 0 Å². The number of carbonyl (C=O) groups excluding carboxylic acids is 3. The van der Waals surface area contributed by atoms with Crippen LogP contribution in [0.1, 0.15) is 45.7 Å². The Morgan fingerprint density at radius 2 is 1.89 bits per heavy atom. The molecule has 0 bridgehead atoms. The van der Waals surface area contributed by atoms with E-state index in [4.69, 9.17) is 4.63 Å². The van der Waals surface area contributed by atoms with Crippen LogP contribution < -0.4 is 5.43 Å². The summed E-state index contributed by atoms with van der Waals surface area (Å²) in [4.78, 5) is 43.0. The summed E-state index contributed by atoms with van der Waals surface area (Å²) in [7, 11) is 0. The topological polar surface area (TPSA) is 115 Å². The van der Waals surface area contributed by atoms with Crippen LogP contribution in [0, 0.1) is 5.92 Å². The van der Waals surface area contributed by atoms with Crippen molar-refractivity contribution >= 4 is 29.1 Å².